The highest BCUT2D eigenvalue weighted by Crippen LogP contribution is 2.36. The van der Waals surface area contributed by atoms with Crippen LogP contribution in [0.1, 0.15) is 11.1 Å². The molecule has 6 nitrogen and oxygen atoms in total. The van der Waals surface area contributed by atoms with Gasteiger partial charge in [-0.15, -0.1) is 11.8 Å². The van der Waals surface area contributed by atoms with Crippen LogP contribution in [0.4, 0.5) is 18.9 Å². The lowest BCUT2D eigenvalue weighted by Gasteiger charge is -2.23. The van der Waals surface area contributed by atoms with Crippen LogP contribution in [0.2, 0.25) is 0 Å². The molecule has 0 radical (unpaired) electrons. The summed E-state index contributed by atoms with van der Waals surface area (Å²) in [5, 5.41) is 11.5. The molecule has 2 aromatic carbocycles. The molecule has 3 rings (SSSR count). The Morgan fingerprint density at radius 3 is 2.57 bits per heavy atom. The quantitative estimate of drug-likeness (QED) is 0.778. The number of nitrogens with zero attached hydrogens (tertiary/aromatic N) is 2. The number of amides is 2. The summed E-state index contributed by atoms with van der Waals surface area (Å²) < 4.78 is 44.3. The highest BCUT2D eigenvalue weighted by atomic mass is 32.2. The van der Waals surface area contributed by atoms with Gasteiger partial charge >= 0.3 is 6.18 Å². The van der Waals surface area contributed by atoms with Crippen molar-refractivity contribution in [1.29, 1.82) is 5.26 Å². The van der Waals surface area contributed by atoms with Crippen molar-refractivity contribution in [2.45, 2.75) is 12.2 Å². The van der Waals surface area contributed by atoms with E-state index in [2.05, 4.69) is 5.32 Å². The summed E-state index contributed by atoms with van der Waals surface area (Å²) in [7, 11) is 0. The third kappa shape index (κ3) is 5.04. The maximum atomic E-state index is 13.0. The number of carbonyl (C=O) groups is 2. The summed E-state index contributed by atoms with van der Waals surface area (Å²) in [5.41, 5.74) is -0.0557. The number of anilines is 1. The molecular weight excluding hydrogens is 419 g/mol. The van der Waals surface area contributed by atoms with Crippen molar-refractivity contribution in [3.8, 4) is 11.8 Å². The molecule has 10 heteroatoms. The Balaban J connectivity index is 1.63. The van der Waals surface area contributed by atoms with Crippen molar-refractivity contribution in [3.63, 3.8) is 0 Å². The van der Waals surface area contributed by atoms with Gasteiger partial charge in [0, 0.05) is 11.4 Å². The number of alkyl halides is 3. The number of carbonyl (C=O) groups excluding carboxylic acids is 2. The number of nitrogens with one attached hydrogen (secondary N) is 1. The zero-order valence-corrected chi connectivity index (χ0v) is 16.3. The average molecular weight is 435 g/mol. The zero-order valence-electron chi connectivity index (χ0n) is 15.5. The molecule has 2 aromatic rings. The van der Waals surface area contributed by atoms with Gasteiger partial charge in [-0.25, -0.2) is 0 Å². The van der Waals surface area contributed by atoms with Gasteiger partial charge in [-0.05, 0) is 36.4 Å². The van der Waals surface area contributed by atoms with E-state index < -0.39 is 42.0 Å². The molecule has 30 heavy (non-hydrogen) atoms. The number of para-hydroxylation sites is 1. The van der Waals surface area contributed by atoms with Crippen LogP contribution >= 0.6 is 11.8 Å². The number of halogens is 3. The Kier molecular flexibility index (Phi) is 6.52. The number of hydrogen-bond acceptors (Lipinski definition) is 5. The first-order valence-electron chi connectivity index (χ1n) is 8.77. The molecule has 156 valence electrons. The van der Waals surface area contributed by atoms with Gasteiger partial charge in [0.1, 0.15) is 11.8 Å². The number of hydrogen-bond donors (Lipinski definition) is 1. The van der Waals surface area contributed by atoms with Crippen molar-refractivity contribution in [2.75, 3.05) is 23.6 Å². The number of ether oxygens (including phenoxy) is 1. The normalized spacial score (nSPS) is 16.1. The van der Waals surface area contributed by atoms with Crippen molar-refractivity contribution in [1.82, 2.24) is 4.90 Å². The Bertz CT molecular complexity index is 974. The number of nitriles is 1. The van der Waals surface area contributed by atoms with Crippen molar-refractivity contribution in [2.24, 2.45) is 0 Å². The molecule has 1 aliphatic rings. The monoisotopic (exact) mass is 435 g/mol. The molecule has 1 saturated heterocycles. The Morgan fingerprint density at radius 2 is 1.90 bits per heavy atom. The van der Waals surface area contributed by atoms with E-state index in [4.69, 9.17) is 10.00 Å². The van der Waals surface area contributed by atoms with E-state index in [9.17, 15) is 22.8 Å². The highest BCUT2D eigenvalue weighted by Gasteiger charge is 2.36. The first-order valence-corrected chi connectivity index (χ1v) is 9.92. The second-order valence-corrected chi connectivity index (χ2v) is 7.34. The van der Waals surface area contributed by atoms with Gasteiger partial charge in [-0.2, -0.15) is 18.4 Å². The smallest absolute Gasteiger partial charge is 0.419 e. The lowest BCUT2D eigenvalue weighted by atomic mass is 10.2. The van der Waals surface area contributed by atoms with Crippen molar-refractivity contribution < 1.29 is 27.5 Å². The van der Waals surface area contributed by atoms with E-state index in [1.807, 2.05) is 6.07 Å². The van der Waals surface area contributed by atoms with Crippen LogP contribution in [0.25, 0.3) is 0 Å². The van der Waals surface area contributed by atoms with Crippen LogP contribution in [0.3, 0.4) is 0 Å². The van der Waals surface area contributed by atoms with Crippen LogP contribution in [-0.4, -0.2) is 41.0 Å². The Morgan fingerprint density at radius 1 is 1.20 bits per heavy atom. The number of thioether (sulfide) groups is 1. The summed E-state index contributed by atoms with van der Waals surface area (Å²) in [6.07, 6.45) is -4.60. The Labute approximate surface area is 174 Å². The van der Waals surface area contributed by atoms with Gasteiger partial charge in [-0.3, -0.25) is 9.59 Å². The molecule has 1 unspecified atom stereocenters. The maximum absolute atomic E-state index is 13.0. The molecule has 0 aliphatic carbocycles. The fourth-order valence-electron chi connectivity index (χ4n) is 2.81. The lowest BCUT2D eigenvalue weighted by molar-refractivity contribution is -0.141. The zero-order chi connectivity index (χ0) is 21.7. The van der Waals surface area contributed by atoms with Crippen LogP contribution in [0.5, 0.6) is 5.75 Å². The standard InChI is InChI=1S/C20H16F3N3O3S/c21-20(22,23)15-3-1-2-4-17(15)29-10-18(27)26-12-30-11-16(26)19(28)25-14-7-5-13(9-24)6-8-14/h1-8,16H,10-12H2,(H,25,28). The average Bonchev–Trinajstić information content (AvgIpc) is 3.22. The molecule has 0 bridgehead atoms. The largest absolute Gasteiger partial charge is 0.483 e. The molecule has 0 saturated carbocycles. The first-order chi connectivity index (χ1) is 14.3. The Hall–Kier alpha value is -3.19. The van der Waals surface area contributed by atoms with Crippen LogP contribution < -0.4 is 10.1 Å². The van der Waals surface area contributed by atoms with Gasteiger partial charge in [0.25, 0.3) is 5.91 Å². The van der Waals surface area contributed by atoms with E-state index in [0.29, 0.717) is 17.0 Å². The van der Waals surface area contributed by atoms with Gasteiger partial charge in [0.2, 0.25) is 5.91 Å². The van der Waals surface area contributed by atoms with Gasteiger partial charge < -0.3 is 15.0 Å². The minimum Gasteiger partial charge on any atom is -0.483 e. The van der Waals surface area contributed by atoms with E-state index >= 15 is 0 Å². The summed E-state index contributed by atoms with van der Waals surface area (Å²) in [5.74, 6) is -0.865. The SMILES string of the molecule is N#Cc1ccc(NC(=O)C2CSCN2C(=O)COc2ccccc2C(F)(F)F)cc1. The molecule has 1 N–H and O–H groups in total. The molecule has 0 spiro atoms. The van der Waals surface area contributed by atoms with Crippen LogP contribution in [0.15, 0.2) is 48.5 Å². The predicted molar refractivity (Wildman–Crippen MR) is 105 cm³/mol. The van der Waals surface area contributed by atoms with E-state index in [-0.39, 0.29) is 5.88 Å². The van der Waals surface area contributed by atoms with Crippen LogP contribution in [0, 0.1) is 11.3 Å². The summed E-state index contributed by atoms with van der Waals surface area (Å²) >= 11 is 1.36. The van der Waals surface area contributed by atoms with E-state index in [1.165, 1.54) is 28.8 Å². The minimum absolute atomic E-state index is 0.231. The fourth-order valence-corrected chi connectivity index (χ4v) is 3.99. The van der Waals surface area contributed by atoms with Crippen LogP contribution in [-0.2, 0) is 15.8 Å². The van der Waals surface area contributed by atoms with Gasteiger partial charge in [0.15, 0.2) is 6.61 Å². The highest BCUT2D eigenvalue weighted by molar-refractivity contribution is 7.99. The predicted octanol–water partition coefficient (Wildman–Crippen LogP) is 3.50. The molecular formula is C20H16F3N3O3S. The molecule has 1 heterocycles. The molecule has 1 aliphatic heterocycles. The fraction of sp³-hybridized carbons (Fsp3) is 0.250. The third-order valence-electron chi connectivity index (χ3n) is 4.33. The molecule has 0 aromatic heterocycles. The molecule has 1 atom stereocenters. The molecule has 1 fully saturated rings. The number of rotatable bonds is 5. The second-order valence-electron chi connectivity index (χ2n) is 6.34. The molecule has 2 amide bonds. The summed E-state index contributed by atoms with van der Waals surface area (Å²) in [6.45, 7) is -0.617. The van der Waals surface area contributed by atoms with Gasteiger partial charge in [-0.1, -0.05) is 12.1 Å². The van der Waals surface area contributed by atoms with Crippen molar-refractivity contribution >= 4 is 29.3 Å². The summed E-state index contributed by atoms with van der Waals surface area (Å²) in [6, 6.07) is 12.1. The maximum Gasteiger partial charge on any atom is 0.419 e. The van der Waals surface area contributed by atoms with E-state index in [0.717, 1.165) is 12.1 Å². The topological polar surface area (TPSA) is 82.4 Å². The van der Waals surface area contributed by atoms with E-state index in [1.54, 1.807) is 24.3 Å². The van der Waals surface area contributed by atoms with Gasteiger partial charge in [0.05, 0.1) is 23.1 Å². The minimum atomic E-state index is -4.60. The van der Waals surface area contributed by atoms with Crippen molar-refractivity contribution in [3.05, 3.63) is 59.7 Å². The number of benzene rings is 2. The first kappa shape index (κ1) is 21.5. The second kappa shape index (κ2) is 9.09. The lowest BCUT2D eigenvalue weighted by Crippen LogP contribution is -2.46. The summed E-state index contributed by atoms with van der Waals surface area (Å²) in [4.78, 5) is 26.4. The third-order valence-corrected chi connectivity index (χ3v) is 5.34.